The Morgan fingerprint density at radius 1 is 0.590 bits per heavy atom. The zero-order chi connectivity index (χ0) is 61.2. The number of fused-ring (bicyclic) bond motifs is 5. The third kappa shape index (κ3) is 12.5. The van der Waals surface area contributed by atoms with Gasteiger partial charge in [-0.3, -0.25) is 9.59 Å². The van der Waals surface area contributed by atoms with Gasteiger partial charge in [0.15, 0.2) is 25.2 Å². The first-order valence-corrected chi connectivity index (χ1v) is 29.4. The fourth-order valence-corrected chi connectivity index (χ4v) is 16.6. The van der Waals surface area contributed by atoms with Gasteiger partial charge in [0.25, 0.3) is 0 Å². The third-order valence-electron chi connectivity index (χ3n) is 21.4. The molecule has 26 heteroatoms. The molecule has 4 aliphatic carbocycles. The normalized spacial score (nSPS) is 49.6. The topological polar surface area (TPSA) is 421 Å². The molecule has 8 fully saturated rings. The van der Waals surface area contributed by atoms with Crippen molar-refractivity contribution in [1.82, 2.24) is 0 Å². The molecule has 4 aliphatic heterocycles. The molecule has 30 atom stereocenters. The third-order valence-corrected chi connectivity index (χ3v) is 21.4. The van der Waals surface area contributed by atoms with Crippen LogP contribution in [-0.4, -0.2) is 256 Å². The van der Waals surface area contributed by atoms with Crippen LogP contribution >= 0.6 is 0 Å². The van der Waals surface area contributed by atoms with Crippen molar-refractivity contribution in [3.8, 4) is 0 Å². The molecule has 4 heterocycles. The maximum atomic E-state index is 12.9. The second-order valence-electron chi connectivity index (χ2n) is 26.8. The SMILES string of the molecule is CC(C)=CCCC(C)(OC1OC(COC2OC(CO)C(O)C(O)C2O)C(O)C(O)C1O)C1CCC2(C)C1C(O)CC1C3(C)CCC(OC4OC(CO)C(O)C(O)C4OC4OC(COC(=O)CC(=O)O)C(O)C(O)C4O)C(C)(C)C3CCC12C. The number of carbonyl (C=O) groups excluding carboxylic acids is 1. The highest BCUT2D eigenvalue weighted by molar-refractivity contribution is 5.90. The van der Waals surface area contributed by atoms with Gasteiger partial charge >= 0.3 is 11.9 Å². The first kappa shape index (κ1) is 66.7. The molecular weight excluding hydrogens is 1100 g/mol. The van der Waals surface area contributed by atoms with E-state index in [-0.39, 0.29) is 34.5 Å². The number of aliphatic carboxylic acids is 1. The van der Waals surface area contributed by atoms with Crippen LogP contribution in [0.15, 0.2) is 11.6 Å². The Balaban J connectivity index is 0.997. The number of allylic oxidation sites excluding steroid dienone is 2. The van der Waals surface area contributed by atoms with Gasteiger partial charge in [0.2, 0.25) is 0 Å². The standard InChI is InChI=1S/C57H94O26/c1-24(2)10-9-14-57(8,83-51-47(74)43(70)40(67)30(80-51)23-76-49-45(72)41(68)37(64)27(20-58)77-49)25-11-16-56(7)36(25)26(60)18-32-54(5)15-13-33(53(3,4)31(54)12-17-55(32,56)6)81-52-48(44(71)38(65)28(21-59)78-52)82-50-46(73)42(69)39(66)29(79-50)22-75-35(63)19-34(61)62/h10,25-33,36-52,58-60,64-74H,9,11-23H2,1-8H3,(H,61,62). The zero-order valence-electron chi connectivity index (χ0n) is 48.7. The quantitative estimate of drug-likeness (QED) is 0.0283. The summed E-state index contributed by atoms with van der Waals surface area (Å²) in [4.78, 5) is 23.1. The van der Waals surface area contributed by atoms with Gasteiger partial charge in [0, 0.05) is 0 Å². The van der Waals surface area contributed by atoms with Crippen LogP contribution in [0.3, 0.4) is 0 Å². The maximum Gasteiger partial charge on any atom is 0.317 e. The average molecular weight is 1200 g/mol. The predicted molar refractivity (Wildman–Crippen MR) is 282 cm³/mol. The van der Waals surface area contributed by atoms with E-state index in [0.717, 1.165) is 24.8 Å². The second kappa shape index (κ2) is 25.7. The van der Waals surface area contributed by atoms with Gasteiger partial charge in [-0.15, -0.1) is 0 Å². The predicted octanol–water partition coefficient (Wildman–Crippen LogP) is -2.18. The van der Waals surface area contributed by atoms with Gasteiger partial charge in [0.05, 0.1) is 37.6 Å². The minimum absolute atomic E-state index is 0.00720. The highest BCUT2D eigenvalue weighted by Gasteiger charge is 2.72. The minimum Gasteiger partial charge on any atom is -0.481 e. The summed E-state index contributed by atoms with van der Waals surface area (Å²) in [5, 5.41) is 162. The van der Waals surface area contributed by atoms with E-state index in [2.05, 4.69) is 40.7 Å². The molecule has 8 rings (SSSR count). The maximum absolute atomic E-state index is 12.9. The minimum atomic E-state index is -1.95. The number of aliphatic hydroxyl groups excluding tert-OH is 14. The van der Waals surface area contributed by atoms with Crippen LogP contribution < -0.4 is 0 Å². The molecule has 0 spiro atoms. The van der Waals surface area contributed by atoms with Crippen LogP contribution in [0.4, 0.5) is 0 Å². The molecule has 83 heavy (non-hydrogen) atoms. The Morgan fingerprint density at radius 2 is 1.12 bits per heavy atom. The summed E-state index contributed by atoms with van der Waals surface area (Å²) < 4.78 is 54.1. The number of hydrogen-bond acceptors (Lipinski definition) is 25. The molecule has 8 aliphatic rings. The Bertz CT molecular complexity index is 2240. The van der Waals surface area contributed by atoms with Crippen molar-refractivity contribution in [1.29, 1.82) is 0 Å². The Hall–Kier alpha value is -2.20. The van der Waals surface area contributed by atoms with Crippen molar-refractivity contribution >= 4 is 11.9 Å². The fourth-order valence-electron chi connectivity index (χ4n) is 16.6. The molecule has 4 saturated heterocycles. The van der Waals surface area contributed by atoms with Crippen LogP contribution in [-0.2, 0) is 52.2 Å². The summed E-state index contributed by atoms with van der Waals surface area (Å²) in [5.74, 6) is -3.27. The van der Waals surface area contributed by atoms with Gasteiger partial charge in [-0.05, 0) is 124 Å². The number of hydrogen-bond donors (Lipinski definition) is 15. The number of carbonyl (C=O) groups is 2. The van der Waals surface area contributed by atoms with Gasteiger partial charge in [0.1, 0.15) is 111 Å². The van der Waals surface area contributed by atoms with Gasteiger partial charge in [-0.2, -0.15) is 0 Å². The monoisotopic (exact) mass is 1190 g/mol. The highest BCUT2D eigenvalue weighted by Crippen LogP contribution is 2.76. The number of carboxylic acids is 1. The molecular formula is C57H94O26. The molecule has 0 aromatic carbocycles. The summed E-state index contributed by atoms with van der Waals surface area (Å²) in [6.45, 7) is 14.3. The molecule has 15 N–H and O–H groups in total. The zero-order valence-corrected chi connectivity index (χ0v) is 48.7. The molecule has 26 nitrogen and oxygen atoms in total. The summed E-state index contributed by atoms with van der Waals surface area (Å²) >= 11 is 0. The first-order chi connectivity index (χ1) is 38.8. The van der Waals surface area contributed by atoms with Gasteiger partial charge in [-0.25, -0.2) is 0 Å². The first-order valence-electron chi connectivity index (χ1n) is 29.4. The smallest absolute Gasteiger partial charge is 0.317 e. The Morgan fingerprint density at radius 3 is 1.72 bits per heavy atom. The van der Waals surface area contributed by atoms with E-state index in [4.69, 9.17) is 47.7 Å². The molecule has 4 saturated carbocycles. The molecule has 0 radical (unpaired) electrons. The van der Waals surface area contributed by atoms with E-state index in [9.17, 15) is 81.1 Å². The Kier molecular flexibility index (Phi) is 20.7. The van der Waals surface area contributed by atoms with E-state index >= 15 is 0 Å². The second-order valence-corrected chi connectivity index (χ2v) is 26.8. The molecule has 0 aromatic heterocycles. The van der Waals surface area contributed by atoms with E-state index in [1.165, 1.54) is 0 Å². The molecule has 0 bridgehead atoms. The van der Waals surface area contributed by atoms with Crippen molar-refractivity contribution in [3.63, 3.8) is 0 Å². The summed E-state index contributed by atoms with van der Waals surface area (Å²) in [5.41, 5.74) is -1.83. The number of carboxylic acid groups (broad SMARTS) is 1. The van der Waals surface area contributed by atoms with Crippen LogP contribution in [0.25, 0.3) is 0 Å². The largest absolute Gasteiger partial charge is 0.481 e. The van der Waals surface area contributed by atoms with Gasteiger partial charge in [-0.1, -0.05) is 46.3 Å². The van der Waals surface area contributed by atoms with Crippen molar-refractivity contribution in [2.75, 3.05) is 26.4 Å². The van der Waals surface area contributed by atoms with E-state index < -0.39 is 196 Å². The van der Waals surface area contributed by atoms with E-state index in [0.29, 0.717) is 38.5 Å². The lowest BCUT2D eigenvalue weighted by Crippen LogP contribution is -2.68. The molecule has 0 amide bonds. The number of ether oxygens (including phenoxy) is 9. The Labute approximate surface area is 483 Å². The number of aliphatic hydroxyl groups is 14. The van der Waals surface area contributed by atoms with Crippen LogP contribution in [0.1, 0.15) is 120 Å². The van der Waals surface area contributed by atoms with Crippen LogP contribution in [0.5, 0.6) is 0 Å². The van der Waals surface area contributed by atoms with E-state index in [1.807, 2.05) is 20.8 Å². The lowest BCUT2D eigenvalue weighted by Gasteiger charge is -2.71. The van der Waals surface area contributed by atoms with Crippen molar-refractivity contribution in [2.24, 2.45) is 45.3 Å². The lowest BCUT2D eigenvalue weighted by molar-refractivity contribution is -0.378. The number of rotatable bonds is 19. The summed E-state index contributed by atoms with van der Waals surface area (Å²) in [6, 6.07) is 0. The average Bonchev–Trinajstić information content (AvgIpc) is 1.74. The van der Waals surface area contributed by atoms with Gasteiger partial charge < -0.3 is 119 Å². The van der Waals surface area contributed by atoms with Crippen molar-refractivity contribution < 1.29 is 129 Å². The molecule has 0 aromatic rings. The highest BCUT2D eigenvalue weighted by atomic mass is 16.8. The van der Waals surface area contributed by atoms with E-state index in [1.54, 1.807) is 0 Å². The van der Waals surface area contributed by atoms with Crippen molar-refractivity contribution in [3.05, 3.63) is 11.6 Å². The molecule has 478 valence electrons. The fraction of sp³-hybridized carbons (Fsp3) is 0.930. The van der Waals surface area contributed by atoms with Crippen LogP contribution in [0, 0.1) is 45.3 Å². The van der Waals surface area contributed by atoms with Crippen LogP contribution in [0.2, 0.25) is 0 Å². The summed E-state index contributed by atoms with van der Waals surface area (Å²) in [6.07, 6.45) is -28.1. The lowest BCUT2D eigenvalue weighted by atomic mass is 9.35. The van der Waals surface area contributed by atoms with Crippen molar-refractivity contribution in [2.45, 2.75) is 260 Å². The summed E-state index contributed by atoms with van der Waals surface area (Å²) in [7, 11) is 0. The number of esters is 1. The molecule has 30 unspecified atom stereocenters.